The summed E-state index contributed by atoms with van der Waals surface area (Å²) in [5.41, 5.74) is 2.43. The molecule has 7 nitrogen and oxygen atoms in total. The number of carbonyl (C=O) groups excluding carboxylic acids is 3. The molecular formula is C22H21N3O4. The Morgan fingerprint density at radius 2 is 1.69 bits per heavy atom. The Hall–Kier alpha value is -3.74. The third kappa shape index (κ3) is 5.38. The van der Waals surface area contributed by atoms with Crippen LogP contribution < -0.4 is 5.32 Å². The van der Waals surface area contributed by atoms with Crippen molar-refractivity contribution in [3.63, 3.8) is 0 Å². The molecular weight excluding hydrogens is 370 g/mol. The molecule has 3 rings (SSSR count). The van der Waals surface area contributed by atoms with Crippen LogP contribution in [0.4, 0.5) is 5.69 Å². The van der Waals surface area contributed by atoms with Crippen LogP contribution in [0.2, 0.25) is 0 Å². The van der Waals surface area contributed by atoms with Crippen molar-refractivity contribution in [2.45, 2.75) is 26.5 Å². The zero-order valence-corrected chi connectivity index (χ0v) is 16.2. The summed E-state index contributed by atoms with van der Waals surface area (Å²) in [5.74, 6) is -1.09. The number of benzene rings is 2. The van der Waals surface area contributed by atoms with Gasteiger partial charge in [-0.15, -0.1) is 0 Å². The first-order chi connectivity index (χ1) is 13.9. The topological polar surface area (TPSA) is 90.3 Å². The van der Waals surface area contributed by atoms with Crippen LogP contribution in [0.3, 0.4) is 0 Å². The summed E-state index contributed by atoms with van der Waals surface area (Å²) in [4.78, 5) is 35.9. The van der Waals surface area contributed by atoms with Crippen LogP contribution in [-0.4, -0.2) is 33.5 Å². The van der Waals surface area contributed by atoms with Crippen LogP contribution >= 0.6 is 0 Å². The van der Waals surface area contributed by atoms with Gasteiger partial charge in [-0.25, -0.2) is 4.79 Å². The van der Waals surface area contributed by atoms with E-state index in [1.807, 2.05) is 24.4 Å². The summed E-state index contributed by atoms with van der Waals surface area (Å²) in [7, 11) is 0. The van der Waals surface area contributed by atoms with E-state index in [0.717, 1.165) is 5.56 Å². The maximum atomic E-state index is 12.3. The second-order valence-corrected chi connectivity index (χ2v) is 6.57. The molecule has 1 N–H and O–H groups in total. The maximum absolute atomic E-state index is 12.3. The van der Waals surface area contributed by atoms with Crippen LogP contribution in [0.25, 0.3) is 0 Å². The number of nitrogens with one attached hydrogen (secondary N) is 1. The molecule has 1 atom stereocenters. The van der Waals surface area contributed by atoms with Gasteiger partial charge in [0, 0.05) is 23.6 Å². The van der Waals surface area contributed by atoms with E-state index < -0.39 is 18.0 Å². The van der Waals surface area contributed by atoms with E-state index in [9.17, 15) is 14.4 Å². The van der Waals surface area contributed by atoms with E-state index >= 15 is 0 Å². The van der Waals surface area contributed by atoms with E-state index in [2.05, 4.69) is 10.4 Å². The fourth-order valence-electron chi connectivity index (χ4n) is 2.64. The van der Waals surface area contributed by atoms with Crippen molar-refractivity contribution in [2.75, 3.05) is 5.32 Å². The highest BCUT2D eigenvalue weighted by atomic mass is 16.5. The Bertz CT molecular complexity index is 994. The van der Waals surface area contributed by atoms with E-state index in [0.29, 0.717) is 23.4 Å². The molecule has 7 heteroatoms. The van der Waals surface area contributed by atoms with Crippen molar-refractivity contribution in [3.8, 4) is 0 Å². The van der Waals surface area contributed by atoms with Crippen molar-refractivity contribution in [1.29, 1.82) is 0 Å². The molecule has 3 aromatic rings. The standard InChI is InChI=1S/C22H21N3O4/c1-15(26)18-8-10-20(11-9-18)24-21(27)16(2)29-22(28)19-6-4-17(5-7-19)14-25-13-3-12-23-25/h3-13,16H,14H2,1-2H3,(H,24,27). The zero-order chi connectivity index (χ0) is 20.8. The highest BCUT2D eigenvalue weighted by Crippen LogP contribution is 2.12. The van der Waals surface area contributed by atoms with Gasteiger partial charge in [0.1, 0.15) is 0 Å². The summed E-state index contributed by atoms with van der Waals surface area (Å²) < 4.78 is 7.04. The SMILES string of the molecule is CC(=O)c1ccc(NC(=O)C(C)OC(=O)c2ccc(Cn3cccn3)cc2)cc1. The number of anilines is 1. The number of nitrogens with zero attached hydrogens (tertiary/aromatic N) is 2. The summed E-state index contributed by atoms with van der Waals surface area (Å²) in [5, 5.41) is 6.80. The minimum Gasteiger partial charge on any atom is -0.449 e. The first kappa shape index (κ1) is 20.0. The van der Waals surface area contributed by atoms with Gasteiger partial charge in [-0.2, -0.15) is 5.10 Å². The van der Waals surface area contributed by atoms with Gasteiger partial charge in [-0.1, -0.05) is 12.1 Å². The molecule has 0 aliphatic carbocycles. The van der Waals surface area contributed by atoms with E-state index in [1.54, 1.807) is 47.3 Å². The molecule has 148 valence electrons. The molecule has 0 saturated carbocycles. The lowest BCUT2D eigenvalue weighted by Gasteiger charge is -2.14. The van der Waals surface area contributed by atoms with E-state index in [1.165, 1.54) is 13.8 Å². The third-order valence-electron chi connectivity index (χ3n) is 4.31. The Morgan fingerprint density at radius 3 is 2.28 bits per heavy atom. The van der Waals surface area contributed by atoms with Gasteiger partial charge in [-0.05, 0) is 61.9 Å². The minimum absolute atomic E-state index is 0.0548. The predicted octanol–water partition coefficient (Wildman–Crippen LogP) is 3.32. The number of esters is 1. The number of aromatic nitrogens is 2. The van der Waals surface area contributed by atoms with Crippen molar-refractivity contribution in [2.24, 2.45) is 0 Å². The summed E-state index contributed by atoms with van der Waals surface area (Å²) >= 11 is 0. The average molecular weight is 391 g/mol. The van der Waals surface area contributed by atoms with Crippen LogP contribution in [-0.2, 0) is 16.1 Å². The van der Waals surface area contributed by atoms with Gasteiger partial charge in [0.25, 0.3) is 5.91 Å². The normalized spacial score (nSPS) is 11.5. The predicted molar refractivity (Wildman–Crippen MR) is 108 cm³/mol. The lowest BCUT2D eigenvalue weighted by Crippen LogP contribution is -2.30. The number of hydrogen-bond acceptors (Lipinski definition) is 5. The Kier molecular flexibility index (Phi) is 6.19. The molecule has 0 fully saturated rings. The second kappa shape index (κ2) is 8.97. The first-order valence-corrected chi connectivity index (χ1v) is 9.11. The number of hydrogen-bond donors (Lipinski definition) is 1. The van der Waals surface area contributed by atoms with Crippen molar-refractivity contribution < 1.29 is 19.1 Å². The summed E-state index contributed by atoms with van der Waals surface area (Å²) in [6, 6.07) is 15.3. The Morgan fingerprint density at radius 1 is 1.03 bits per heavy atom. The Labute approximate surface area is 168 Å². The van der Waals surface area contributed by atoms with Crippen molar-refractivity contribution in [3.05, 3.63) is 83.7 Å². The number of ketones is 1. The third-order valence-corrected chi connectivity index (χ3v) is 4.31. The molecule has 1 aromatic heterocycles. The van der Waals surface area contributed by atoms with Crippen molar-refractivity contribution >= 4 is 23.3 Å². The van der Waals surface area contributed by atoms with E-state index in [4.69, 9.17) is 4.74 Å². The molecule has 29 heavy (non-hydrogen) atoms. The minimum atomic E-state index is -0.973. The lowest BCUT2D eigenvalue weighted by atomic mass is 10.1. The number of carbonyl (C=O) groups is 3. The fourth-order valence-corrected chi connectivity index (χ4v) is 2.64. The number of ether oxygens (including phenoxy) is 1. The quantitative estimate of drug-likeness (QED) is 0.493. The molecule has 1 heterocycles. The van der Waals surface area contributed by atoms with Crippen LogP contribution in [0.1, 0.15) is 40.1 Å². The van der Waals surface area contributed by atoms with Gasteiger partial charge < -0.3 is 10.1 Å². The molecule has 0 spiro atoms. The second-order valence-electron chi connectivity index (χ2n) is 6.57. The fraction of sp³-hybridized carbons (Fsp3) is 0.182. The van der Waals surface area contributed by atoms with Gasteiger partial charge in [-0.3, -0.25) is 14.3 Å². The van der Waals surface area contributed by atoms with Crippen LogP contribution in [0, 0.1) is 0 Å². The maximum Gasteiger partial charge on any atom is 0.338 e. The number of amides is 1. The summed E-state index contributed by atoms with van der Waals surface area (Å²) in [6.07, 6.45) is 2.59. The largest absolute Gasteiger partial charge is 0.449 e. The first-order valence-electron chi connectivity index (χ1n) is 9.11. The molecule has 1 unspecified atom stereocenters. The molecule has 0 bridgehead atoms. The number of Topliss-reactive ketones (excluding diaryl/α,β-unsaturated/α-hetero) is 1. The van der Waals surface area contributed by atoms with Gasteiger partial charge in [0.15, 0.2) is 11.9 Å². The molecule has 0 aliphatic heterocycles. The number of rotatable bonds is 7. The summed E-state index contributed by atoms with van der Waals surface area (Å²) in [6.45, 7) is 3.58. The van der Waals surface area contributed by atoms with Gasteiger partial charge >= 0.3 is 5.97 Å². The monoisotopic (exact) mass is 391 g/mol. The Balaban J connectivity index is 1.55. The van der Waals surface area contributed by atoms with Crippen LogP contribution in [0.15, 0.2) is 67.0 Å². The van der Waals surface area contributed by atoms with Crippen LogP contribution in [0.5, 0.6) is 0 Å². The molecule has 0 radical (unpaired) electrons. The zero-order valence-electron chi connectivity index (χ0n) is 16.2. The molecule has 0 saturated heterocycles. The lowest BCUT2D eigenvalue weighted by molar-refractivity contribution is -0.123. The molecule has 1 amide bonds. The van der Waals surface area contributed by atoms with Gasteiger partial charge in [0.2, 0.25) is 0 Å². The van der Waals surface area contributed by atoms with Crippen molar-refractivity contribution in [1.82, 2.24) is 9.78 Å². The van der Waals surface area contributed by atoms with E-state index in [-0.39, 0.29) is 5.78 Å². The van der Waals surface area contributed by atoms with Gasteiger partial charge in [0.05, 0.1) is 12.1 Å². The average Bonchev–Trinajstić information content (AvgIpc) is 3.22. The highest BCUT2D eigenvalue weighted by molar-refractivity contribution is 5.98. The smallest absolute Gasteiger partial charge is 0.338 e. The highest BCUT2D eigenvalue weighted by Gasteiger charge is 2.19. The molecule has 0 aliphatic rings. The molecule has 2 aromatic carbocycles.